The summed E-state index contributed by atoms with van der Waals surface area (Å²) in [5.74, 6) is -0.968. The highest BCUT2D eigenvalue weighted by atomic mass is 32.1. The Hall–Kier alpha value is -2.21. The van der Waals surface area contributed by atoms with E-state index in [1.807, 2.05) is 37.3 Å². The first-order valence-corrected chi connectivity index (χ1v) is 9.33. The van der Waals surface area contributed by atoms with Gasteiger partial charge in [0.2, 0.25) is 5.91 Å². The number of nitrogens with one attached hydrogen (secondary N) is 1. The largest absolute Gasteiger partial charge is 0.477 e. The van der Waals surface area contributed by atoms with Crippen LogP contribution in [0.1, 0.15) is 64.6 Å². The molecule has 0 radical (unpaired) electrons. The second kappa shape index (κ2) is 6.96. The van der Waals surface area contributed by atoms with Gasteiger partial charge >= 0.3 is 5.97 Å². The van der Waals surface area contributed by atoms with Crippen LogP contribution in [0.15, 0.2) is 30.3 Å². The molecule has 1 amide bonds. The summed E-state index contributed by atoms with van der Waals surface area (Å²) >= 11 is 1.13. The lowest BCUT2D eigenvalue weighted by Crippen LogP contribution is -2.43. The number of rotatable bonds is 5. The summed E-state index contributed by atoms with van der Waals surface area (Å²) < 4.78 is 0. The zero-order chi connectivity index (χ0) is 18.0. The van der Waals surface area contributed by atoms with Gasteiger partial charge in [-0.25, -0.2) is 9.78 Å². The highest BCUT2D eigenvalue weighted by Crippen LogP contribution is 2.41. The first-order chi connectivity index (χ1) is 11.9. The molecule has 0 saturated heterocycles. The molecule has 0 spiro atoms. The lowest BCUT2D eigenvalue weighted by Gasteiger charge is -2.29. The molecular weight excluding hydrogens is 336 g/mol. The molecule has 5 nitrogen and oxygen atoms in total. The number of amides is 1. The number of aromatic nitrogens is 1. The van der Waals surface area contributed by atoms with Gasteiger partial charge < -0.3 is 10.4 Å². The van der Waals surface area contributed by atoms with Crippen molar-refractivity contribution < 1.29 is 14.7 Å². The molecule has 1 aliphatic carbocycles. The van der Waals surface area contributed by atoms with Crippen LogP contribution in [0.4, 0.5) is 0 Å². The zero-order valence-electron chi connectivity index (χ0n) is 14.4. The van der Waals surface area contributed by atoms with Gasteiger partial charge in [-0.15, -0.1) is 11.3 Å². The summed E-state index contributed by atoms with van der Waals surface area (Å²) in [6.07, 6.45) is 3.76. The van der Waals surface area contributed by atoms with Crippen LogP contribution in [-0.2, 0) is 10.2 Å². The van der Waals surface area contributed by atoms with Crippen LogP contribution < -0.4 is 5.32 Å². The van der Waals surface area contributed by atoms with E-state index < -0.39 is 11.4 Å². The van der Waals surface area contributed by atoms with E-state index in [0.717, 1.165) is 42.6 Å². The van der Waals surface area contributed by atoms with Gasteiger partial charge in [0.15, 0.2) is 0 Å². The average molecular weight is 358 g/mol. The van der Waals surface area contributed by atoms with E-state index in [4.69, 9.17) is 0 Å². The number of thiazole rings is 1. The van der Waals surface area contributed by atoms with Crippen molar-refractivity contribution in [3.63, 3.8) is 0 Å². The number of benzene rings is 1. The number of aryl methyl sites for hydroxylation is 1. The topological polar surface area (TPSA) is 79.3 Å². The zero-order valence-corrected chi connectivity index (χ0v) is 15.2. The number of carboxylic acid groups (broad SMARTS) is 1. The molecular formula is C19H22N2O3S. The molecule has 1 fully saturated rings. The van der Waals surface area contributed by atoms with Gasteiger partial charge in [0.05, 0.1) is 17.2 Å². The van der Waals surface area contributed by atoms with Crippen LogP contribution in [0, 0.1) is 6.92 Å². The maximum Gasteiger partial charge on any atom is 0.347 e. The molecule has 132 valence electrons. The van der Waals surface area contributed by atoms with Crippen molar-refractivity contribution in [2.75, 3.05) is 0 Å². The Bertz CT molecular complexity index is 779. The van der Waals surface area contributed by atoms with Gasteiger partial charge in [-0.3, -0.25) is 4.79 Å². The quantitative estimate of drug-likeness (QED) is 0.851. The second-order valence-corrected chi connectivity index (χ2v) is 7.65. The minimum absolute atomic E-state index is 0.00780. The number of carbonyl (C=O) groups is 2. The maximum atomic E-state index is 13.1. The number of hydrogen-bond donors (Lipinski definition) is 2. The van der Waals surface area contributed by atoms with E-state index in [9.17, 15) is 14.7 Å². The molecule has 6 heteroatoms. The Morgan fingerprint density at radius 1 is 1.24 bits per heavy atom. The summed E-state index contributed by atoms with van der Waals surface area (Å²) in [4.78, 5) is 28.9. The summed E-state index contributed by atoms with van der Waals surface area (Å²) in [7, 11) is 0. The Kier molecular flexibility index (Phi) is 4.90. The van der Waals surface area contributed by atoms with Crippen molar-refractivity contribution in [3.8, 4) is 0 Å². The molecule has 1 saturated carbocycles. The predicted octanol–water partition coefficient (Wildman–Crippen LogP) is 3.84. The van der Waals surface area contributed by atoms with E-state index in [1.54, 1.807) is 6.92 Å². The summed E-state index contributed by atoms with van der Waals surface area (Å²) in [5, 5.41) is 12.9. The number of nitrogens with zero attached hydrogens (tertiary/aromatic N) is 1. The van der Waals surface area contributed by atoms with E-state index in [0.29, 0.717) is 10.7 Å². The lowest BCUT2D eigenvalue weighted by atomic mass is 9.78. The molecule has 0 bridgehead atoms. The fourth-order valence-corrected chi connectivity index (χ4v) is 4.49. The first kappa shape index (κ1) is 17.6. The van der Waals surface area contributed by atoms with Crippen LogP contribution in [0.3, 0.4) is 0 Å². The number of carbonyl (C=O) groups excluding carboxylic acids is 1. The van der Waals surface area contributed by atoms with Crippen LogP contribution in [0.2, 0.25) is 0 Å². The van der Waals surface area contributed by atoms with Gasteiger partial charge in [0.1, 0.15) is 9.88 Å². The maximum absolute atomic E-state index is 13.1. The third-order valence-electron chi connectivity index (χ3n) is 4.94. The average Bonchev–Trinajstić information content (AvgIpc) is 3.23. The van der Waals surface area contributed by atoms with Gasteiger partial charge in [-0.05, 0) is 32.3 Å². The standard InChI is InChI=1S/C19H22N2O3S/c1-12-15(17(22)23)25-16(20-12)13(2)21-18(24)19(10-6-7-11-19)14-8-4-3-5-9-14/h3-5,8-9,13H,6-7,10-11H2,1-2H3,(H,21,24)(H,22,23). The molecule has 2 aromatic rings. The molecule has 1 aromatic heterocycles. The highest BCUT2D eigenvalue weighted by Gasteiger charge is 2.43. The van der Waals surface area contributed by atoms with Gasteiger partial charge in [-0.1, -0.05) is 43.2 Å². The Morgan fingerprint density at radius 3 is 2.44 bits per heavy atom. The van der Waals surface area contributed by atoms with E-state index in [-0.39, 0.29) is 16.8 Å². The molecule has 2 N–H and O–H groups in total. The summed E-state index contributed by atoms with van der Waals surface area (Å²) in [6.45, 7) is 3.54. The lowest BCUT2D eigenvalue weighted by molar-refractivity contribution is -0.127. The molecule has 3 rings (SSSR count). The molecule has 0 aliphatic heterocycles. The monoisotopic (exact) mass is 358 g/mol. The number of aromatic carboxylic acids is 1. The van der Waals surface area contributed by atoms with E-state index in [1.165, 1.54) is 0 Å². The molecule has 1 heterocycles. The van der Waals surface area contributed by atoms with Crippen molar-refractivity contribution in [1.82, 2.24) is 10.3 Å². The third-order valence-corrected chi connectivity index (χ3v) is 6.27. The van der Waals surface area contributed by atoms with Crippen LogP contribution in [-0.4, -0.2) is 22.0 Å². The molecule has 1 aliphatic rings. The summed E-state index contributed by atoms with van der Waals surface area (Å²) in [6, 6.07) is 9.62. The van der Waals surface area contributed by atoms with Crippen LogP contribution in [0.25, 0.3) is 0 Å². The van der Waals surface area contributed by atoms with Crippen molar-refractivity contribution in [2.24, 2.45) is 0 Å². The predicted molar refractivity (Wildman–Crippen MR) is 97.0 cm³/mol. The normalized spacial score (nSPS) is 17.2. The van der Waals surface area contributed by atoms with Crippen molar-refractivity contribution >= 4 is 23.2 Å². The van der Waals surface area contributed by atoms with Crippen molar-refractivity contribution in [2.45, 2.75) is 51.0 Å². The number of carboxylic acids is 1. The highest BCUT2D eigenvalue weighted by molar-refractivity contribution is 7.13. The molecule has 1 unspecified atom stereocenters. The van der Waals surface area contributed by atoms with Gasteiger partial charge in [0.25, 0.3) is 0 Å². The molecule has 1 atom stereocenters. The fourth-order valence-electron chi connectivity index (χ4n) is 3.58. The van der Waals surface area contributed by atoms with Crippen LogP contribution in [0.5, 0.6) is 0 Å². The molecule has 25 heavy (non-hydrogen) atoms. The third kappa shape index (κ3) is 3.31. The van der Waals surface area contributed by atoms with Gasteiger partial charge in [0, 0.05) is 0 Å². The number of hydrogen-bond acceptors (Lipinski definition) is 4. The minimum atomic E-state index is -0.976. The second-order valence-electron chi connectivity index (χ2n) is 6.62. The minimum Gasteiger partial charge on any atom is -0.477 e. The Labute approximate surface area is 151 Å². The SMILES string of the molecule is Cc1nc(C(C)NC(=O)C2(c3ccccc3)CCCC2)sc1C(=O)O. The van der Waals surface area contributed by atoms with Crippen molar-refractivity contribution in [1.29, 1.82) is 0 Å². The first-order valence-electron chi connectivity index (χ1n) is 8.51. The van der Waals surface area contributed by atoms with Crippen LogP contribution >= 0.6 is 11.3 Å². The Morgan fingerprint density at radius 2 is 1.88 bits per heavy atom. The molecule has 1 aromatic carbocycles. The van der Waals surface area contributed by atoms with E-state index in [2.05, 4.69) is 10.3 Å². The smallest absolute Gasteiger partial charge is 0.347 e. The fraction of sp³-hybridized carbons (Fsp3) is 0.421. The summed E-state index contributed by atoms with van der Waals surface area (Å²) in [5.41, 5.74) is 1.06. The Balaban J connectivity index is 1.82. The van der Waals surface area contributed by atoms with Gasteiger partial charge in [-0.2, -0.15) is 0 Å². The van der Waals surface area contributed by atoms with Crippen molar-refractivity contribution in [3.05, 3.63) is 51.5 Å². The van der Waals surface area contributed by atoms with E-state index >= 15 is 0 Å².